The molecule has 2 fully saturated rings. The molecule has 10 heteroatoms. The van der Waals surface area contributed by atoms with Crippen LogP contribution >= 0.6 is 11.3 Å². The maximum Gasteiger partial charge on any atom is 0.286 e. The van der Waals surface area contributed by atoms with Crippen LogP contribution < -0.4 is 10.6 Å². The summed E-state index contributed by atoms with van der Waals surface area (Å²) in [5.41, 5.74) is 0.660. The van der Waals surface area contributed by atoms with Gasteiger partial charge in [-0.1, -0.05) is 36.5 Å². The van der Waals surface area contributed by atoms with Crippen LogP contribution in [0, 0.1) is 11.8 Å². The second kappa shape index (κ2) is 12.9. The Kier molecular flexibility index (Phi) is 9.41. The highest BCUT2D eigenvalue weighted by molar-refractivity contribution is 7.15. The molecule has 2 aromatic rings. The SMILES string of the molecule is C[C@@H]1CCCN(CCCNC(=O)CC2CCN(C(=O)c3nnc(C(=O)Nc4ccccc4)s3)CC2)C1. The summed E-state index contributed by atoms with van der Waals surface area (Å²) in [5, 5.41) is 14.1. The molecular formula is C26H36N6O3S. The highest BCUT2D eigenvalue weighted by Crippen LogP contribution is 2.23. The van der Waals surface area contributed by atoms with E-state index >= 15 is 0 Å². The average molecular weight is 513 g/mol. The van der Waals surface area contributed by atoms with Gasteiger partial charge in [0, 0.05) is 38.3 Å². The number of anilines is 1. The van der Waals surface area contributed by atoms with Crippen LogP contribution in [-0.4, -0.2) is 77.0 Å². The molecule has 0 bridgehead atoms. The van der Waals surface area contributed by atoms with Crippen molar-refractivity contribution in [3.05, 3.63) is 40.3 Å². The summed E-state index contributed by atoms with van der Waals surface area (Å²) in [5.74, 6) is 0.567. The van der Waals surface area contributed by atoms with E-state index in [1.807, 2.05) is 18.2 Å². The zero-order valence-electron chi connectivity index (χ0n) is 20.9. The molecule has 1 aromatic heterocycles. The summed E-state index contributed by atoms with van der Waals surface area (Å²) in [7, 11) is 0. The first-order chi connectivity index (χ1) is 17.5. The van der Waals surface area contributed by atoms with Gasteiger partial charge in [-0.15, -0.1) is 10.2 Å². The van der Waals surface area contributed by atoms with Crippen molar-refractivity contribution >= 4 is 34.7 Å². The van der Waals surface area contributed by atoms with Gasteiger partial charge in [-0.2, -0.15) is 0 Å². The topological polar surface area (TPSA) is 108 Å². The Morgan fingerprint density at radius 2 is 1.78 bits per heavy atom. The van der Waals surface area contributed by atoms with Crippen molar-refractivity contribution in [2.24, 2.45) is 11.8 Å². The van der Waals surface area contributed by atoms with E-state index in [9.17, 15) is 14.4 Å². The van der Waals surface area contributed by atoms with Gasteiger partial charge in [0.05, 0.1) is 0 Å². The molecule has 2 aliphatic rings. The molecular weight excluding hydrogens is 476 g/mol. The number of para-hydroxylation sites is 1. The van der Waals surface area contributed by atoms with E-state index in [1.54, 1.807) is 17.0 Å². The first kappa shape index (κ1) is 26.2. The number of piperidine rings is 2. The van der Waals surface area contributed by atoms with Crippen LogP contribution in [0.1, 0.15) is 65.1 Å². The molecule has 0 radical (unpaired) electrons. The maximum atomic E-state index is 12.9. The van der Waals surface area contributed by atoms with E-state index in [1.165, 1.54) is 25.9 Å². The number of likely N-dealkylation sites (tertiary alicyclic amines) is 2. The second-order valence-corrected chi connectivity index (χ2v) is 10.9. The number of hydrogen-bond donors (Lipinski definition) is 2. The van der Waals surface area contributed by atoms with Crippen molar-refractivity contribution in [3.8, 4) is 0 Å². The summed E-state index contributed by atoms with van der Waals surface area (Å²) in [6.45, 7) is 7.58. The average Bonchev–Trinajstić information content (AvgIpc) is 3.38. The van der Waals surface area contributed by atoms with Gasteiger partial charge in [-0.3, -0.25) is 14.4 Å². The fraction of sp³-hybridized carbons (Fsp3) is 0.577. The van der Waals surface area contributed by atoms with Gasteiger partial charge in [-0.25, -0.2) is 0 Å². The Morgan fingerprint density at radius 3 is 2.53 bits per heavy atom. The minimum atomic E-state index is -0.382. The number of rotatable bonds is 9. The van der Waals surface area contributed by atoms with E-state index in [4.69, 9.17) is 0 Å². The molecule has 2 saturated heterocycles. The largest absolute Gasteiger partial charge is 0.356 e. The van der Waals surface area contributed by atoms with E-state index in [0.717, 1.165) is 49.6 Å². The monoisotopic (exact) mass is 512 g/mol. The Hall–Kier alpha value is -2.85. The molecule has 3 heterocycles. The lowest BCUT2D eigenvalue weighted by atomic mass is 9.93. The van der Waals surface area contributed by atoms with Crippen LogP contribution in [0.2, 0.25) is 0 Å². The first-order valence-electron chi connectivity index (χ1n) is 13.0. The number of nitrogens with zero attached hydrogens (tertiary/aromatic N) is 4. The van der Waals surface area contributed by atoms with E-state index in [0.29, 0.717) is 25.2 Å². The first-order valence-corrected chi connectivity index (χ1v) is 13.8. The fourth-order valence-electron chi connectivity index (χ4n) is 4.94. The van der Waals surface area contributed by atoms with Gasteiger partial charge < -0.3 is 20.4 Å². The summed E-state index contributed by atoms with van der Waals surface area (Å²) < 4.78 is 0. The lowest BCUT2D eigenvalue weighted by Crippen LogP contribution is -2.40. The van der Waals surface area contributed by atoms with Crippen LogP contribution in [0.15, 0.2) is 30.3 Å². The third kappa shape index (κ3) is 7.57. The number of carbonyl (C=O) groups is 3. The van der Waals surface area contributed by atoms with Gasteiger partial charge >= 0.3 is 0 Å². The number of carbonyl (C=O) groups excluding carboxylic acids is 3. The van der Waals surface area contributed by atoms with Crippen LogP contribution in [0.3, 0.4) is 0 Å². The highest BCUT2D eigenvalue weighted by Gasteiger charge is 2.28. The van der Waals surface area contributed by atoms with Gasteiger partial charge in [0.15, 0.2) is 0 Å². The molecule has 0 aliphatic carbocycles. The van der Waals surface area contributed by atoms with E-state index < -0.39 is 0 Å². The summed E-state index contributed by atoms with van der Waals surface area (Å²) >= 11 is 1.00. The van der Waals surface area contributed by atoms with E-state index in [2.05, 4.69) is 32.7 Å². The third-order valence-electron chi connectivity index (χ3n) is 6.92. The molecule has 2 N–H and O–H groups in total. The predicted molar refractivity (Wildman–Crippen MR) is 140 cm³/mol. The standard InChI is InChI=1S/C26H36N6O3S/c1-19-7-5-13-31(18-19)14-6-12-27-22(33)17-20-10-15-32(16-11-20)26(35)25-30-29-24(36-25)23(34)28-21-8-3-2-4-9-21/h2-4,8-9,19-20H,5-7,10-18H2,1H3,(H,27,33)(H,28,34)/t19-/m1/s1. The van der Waals surface area contributed by atoms with Crippen molar-refractivity contribution in [1.82, 2.24) is 25.3 Å². The normalized spacial score (nSPS) is 19.1. The van der Waals surface area contributed by atoms with Gasteiger partial charge in [-0.05, 0) is 69.2 Å². The Labute approximate surface area is 216 Å². The Bertz CT molecular complexity index is 1020. The molecule has 36 heavy (non-hydrogen) atoms. The van der Waals surface area contributed by atoms with E-state index in [-0.39, 0.29) is 33.7 Å². The number of amides is 3. The molecule has 1 aromatic carbocycles. The summed E-state index contributed by atoms with van der Waals surface area (Å²) in [6, 6.07) is 9.09. The molecule has 194 valence electrons. The van der Waals surface area contributed by atoms with Crippen molar-refractivity contribution in [1.29, 1.82) is 0 Å². The zero-order chi connectivity index (χ0) is 25.3. The molecule has 1 atom stereocenters. The number of hydrogen-bond acceptors (Lipinski definition) is 7. The second-order valence-electron chi connectivity index (χ2n) is 9.92. The lowest BCUT2D eigenvalue weighted by molar-refractivity contribution is -0.122. The lowest BCUT2D eigenvalue weighted by Gasteiger charge is -2.31. The third-order valence-corrected chi connectivity index (χ3v) is 7.83. The molecule has 9 nitrogen and oxygen atoms in total. The molecule has 0 saturated carbocycles. The van der Waals surface area contributed by atoms with Crippen molar-refractivity contribution < 1.29 is 14.4 Å². The van der Waals surface area contributed by atoms with Gasteiger partial charge in [0.2, 0.25) is 15.9 Å². The van der Waals surface area contributed by atoms with Gasteiger partial charge in [0.1, 0.15) is 0 Å². The molecule has 2 aliphatic heterocycles. The van der Waals surface area contributed by atoms with Gasteiger partial charge in [0.25, 0.3) is 11.8 Å². The van der Waals surface area contributed by atoms with Crippen LogP contribution in [-0.2, 0) is 4.79 Å². The summed E-state index contributed by atoms with van der Waals surface area (Å²) in [6.07, 6.45) is 5.66. The Morgan fingerprint density at radius 1 is 1.03 bits per heavy atom. The minimum absolute atomic E-state index is 0.102. The van der Waals surface area contributed by atoms with Crippen molar-refractivity contribution in [2.75, 3.05) is 44.6 Å². The van der Waals surface area contributed by atoms with Crippen LogP contribution in [0.25, 0.3) is 0 Å². The van der Waals surface area contributed by atoms with Crippen molar-refractivity contribution in [3.63, 3.8) is 0 Å². The predicted octanol–water partition coefficient (Wildman–Crippen LogP) is 3.27. The fourth-order valence-corrected chi connectivity index (χ4v) is 5.64. The van der Waals surface area contributed by atoms with Crippen LogP contribution in [0.4, 0.5) is 5.69 Å². The zero-order valence-corrected chi connectivity index (χ0v) is 21.8. The minimum Gasteiger partial charge on any atom is -0.356 e. The van der Waals surface area contributed by atoms with Crippen molar-refractivity contribution in [2.45, 2.75) is 45.4 Å². The smallest absolute Gasteiger partial charge is 0.286 e. The number of nitrogens with one attached hydrogen (secondary N) is 2. The maximum absolute atomic E-state index is 12.9. The molecule has 3 amide bonds. The highest BCUT2D eigenvalue weighted by atomic mass is 32.1. The van der Waals surface area contributed by atoms with Crippen LogP contribution in [0.5, 0.6) is 0 Å². The molecule has 0 unspecified atom stereocenters. The Balaban J connectivity index is 1.14. The number of aromatic nitrogens is 2. The quantitative estimate of drug-likeness (QED) is 0.500. The summed E-state index contributed by atoms with van der Waals surface area (Å²) in [4.78, 5) is 41.9. The molecule has 4 rings (SSSR count). The molecule has 0 spiro atoms. The number of benzene rings is 1.